The Kier molecular flexibility index (Phi) is 7.92. The fourth-order valence-electron chi connectivity index (χ4n) is 3.68. The van der Waals surface area contributed by atoms with Crippen molar-refractivity contribution in [2.75, 3.05) is 56.8 Å². The number of carbonyl (C=O) groups excluding carboxylic acids is 2. The van der Waals surface area contributed by atoms with Crippen LogP contribution in [0.4, 0.5) is 21.9 Å². The summed E-state index contributed by atoms with van der Waals surface area (Å²) >= 11 is 0. The maximum Gasteiger partial charge on any atom is 0.322 e. The molecule has 36 heavy (non-hydrogen) atoms. The van der Waals surface area contributed by atoms with Gasteiger partial charge in [0.15, 0.2) is 11.5 Å². The third-order valence-corrected chi connectivity index (χ3v) is 5.70. The number of para-hydroxylation sites is 2. The molecule has 3 aromatic rings. The van der Waals surface area contributed by atoms with E-state index < -0.39 is 0 Å². The van der Waals surface area contributed by atoms with E-state index in [0.717, 1.165) is 5.56 Å². The monoisotopic (exact) mass is 489 g/mol. The lowest BCUT2D eigenvalue weighted by Crippen LogP contribution is -2.39. The number of hydrogen-bond donors (Lipinski definition) is 3. The Bertz CT molecular complexity index is 1210. The zero-order valence-corrected chi connectivity index (χ0v) is 20.5. The number of urea groups is 1. The number of fused-ring (bicyclic) bond motifs is 1. The van der Waals surface area contributed by atoms with Crippen LogP contribution in [0, 0.1) is 0 Å². The summed E-state index contributed by atoms with van der Waals surface area (Å²) in [7, 11) is 3.92. The Hall–Kier alpha value is -4.24. The molecule has 0 atom stereocenters. The third kappa shape index (κ3) is 6.45. The molecular weight excluding hydrogens is 458 g/mol. The molecule has 0 unspecified atom stereocenters. The van der Waals surface area contributed by atoms with Gasteiger partial charge in [-0.3, -0.25) is 4.79 Å². The molecule has 4 rings (SSSR count). The van der Waals surface area contributed by atoms with Gasteiger partial charge in [0.1, 0.15) is 13.2 Å². The van der Waals surface area contributed by atoms with Crippen molar-refractivity contribution in [2.45, 2.75) is 6.54 Å². The van der Waals surface area contributed by atoms with E-state index in [1.165, 1.54) is 0 Å². The summed E-state index contributed by atoms with van der Waals surface area (Å²) in [5, 5.41) is 5.78. The lowest BCUT2D eigenvalue weighted by Gasteiger charge is -2.25. The Morgan fingerprint density at radius 2 is 1.61 bits per heavy atom. The Balaban J connectivity index is 1.42. The number of amides is 3. The largest absolute Gasteiger partial charge is 0.486 e. The first-order chi connectivity index (χ1) is 17.4. The van der Waals surface area contributed by atoms with Crippen molar-refractivity contribution < 1.29 is 19.1 Å². The Morgan fingerprint density at radius 3 is 2.33 bits per heavy atom. The van der Waals surface area contributed by atoms with Gasteiger partial charge >= 0.3 is 6.03 Å². The molecule has 0 spiro atoms. The Labute approximate surface area is 210 Å². The number of ether oxygens (including phenoxy) is 2. The van der Waals surface area contributed by atoms with E-state index in [1.54, 1.807) is 47.4 Å². The van der Waals surface area contributed by atoms with Gasteiger partial charge in [0.2, 0.25) is 0 Å². The van der Waals surface area contributed by atoms with E-state index in [2.05, 4.69) is 10.6 Å². The molecule has 0 fully saturated rings. The average molecular weight is 490 g/mol. The zero-order valence-electron chi connectivity index (χ0n) is 20.5. The normalized spacial score (nSPS) is 12.2. The molecule has 0 radical (unpaired) electrons. The van der Waals surface area contributed by atoms with Crippen molar-refractivity contribution in [3.63, 3.8) is 0 Å². The standard InChI is InChI=1S/C27H31N5O4/c1-31(2)13-14-32(27(34)29-21-11-12-24-25(17-21)36-16-15-35-24)18-19-7-9-20(10-8-19)26(33)30-23-6-4-3-5-22(23)28/h3-12,17H,13-16,18,28H2,1-2H3,(H,29,34)(H,30,33). The van der Waals surface area contributed by atoms with E-state index >= 15 is 0 Å². The topological polar surface area (TPSA) is 109 Å². The van der Waals surface area contributed by atoms with Crippen molar-refractivity contribution >= 4 is 29.0 Å². The molecule has 0 saturated carbocycles. The van der Waals surface area contributed by atoms with Gasteiger partial charge in [0.05, 0.1) is 11.4 Å². The van der Waals surface area contributed by atoms with Crippen molar-refractivity contribution in [1.82, 2.24) is 9.80 Å². The average Bonchev–Trinajstić information content (AvgIpc) is 2.88. The summed E-state index contributed by atoms with van der Waals surface area (Å²) in [6.45, 7) is 2.61. The maximum atomic E-state index is 13.2. The first-order valence-corrected chi connectivity index (χ1v) is 11.7. The highest BCUT2D eigenvalue weighted by atomic mass is 16.6. The molecule has 0 aromatic heterocycles. The van der Waals surface area contributed by atoms with E-state index in [1.807, 2.05) is 43.3 Å². The number of benzene rings is 3. The van der Waals surface area contributed by atoms with Gasteiger partial charge in [-0.25, -0.2) is 4.79 Å². The number of hydrogen-bond acceptors (Lipinski definition) is 6. The second-order valence-corrected chi connectivity index (χ2v) is 8.75. The fourth-order valence-corrected chi connectivity index (χ4v) is 3.68. The zero-order chi connectivity index (χ0) is 25.5. The number of carbonyl (C=O) groups is 2. The SMILES string of the molecule is CN(C)CCN(Cc1ccc(C(=O)Nc2ccccc2N)cc1)C(=O)Nc1ccc2c(c1)OCCO2. The second kappa shape index (κ2) is 11.5. The van der Waals surface area contributed by atoms with Crippen LogP contribution in [0.1, 0.15) is 15.9 Å². The van der Waals surface area contributed by atoms with E-state index in [0.29, 0.717) is 67.0 Å². The fraction of sp³-hybridized carbons (Fsp3) is 0.259. The number of nitrogens with one attached hydrogen (secondary N) is 2. The van der Waals surface area contributed by atoms with Crippen LogP contribution >= 0.6 is 0 Å². The predicted octanol–water partition coefficient (Wildman–Crippen LogP) is 3.89. The van der Waals surface area contributed by atoms with Crippen LogP contribution in [-0.2, 0) is 6.54 Å². The van der Waals surface area contributed by atoms with Gasteiger partial charge in [0.25, 0.3) is 5.91 Å². The summed E-state index contributed by atoms with van der Waals surface area (Å²) in [5.41, 5.74) is 9.03. The molecule has 4 N–H and O–H groups in total. The summed E-state index contributed by atoms with van der Waals surface area (Å²) in [5.74, 6) is 1.04. The van der Waals surface area contributed by atoms with Gasteiger partial charge in [-0.05, 0) is 56.1 Å². The Morgan fingerprint density at radius 1 is 0.889 bits per heavy atom. The lowest BCUT2D eigenvalue weighted by atomic mass is 10.1. The van der Waals surface area contributed by atoms with Crippen molar-refractivity contribution in [2.24, 2.45) is 0 Å². The summed E-state index contributed by atoms with van der Waals surface area (Å²) in [4.78, 5) is 29.5. The molecule has 1 aliphatic heterocycles. The van der Waals surface area contributed by atoms with Gasteiger partial charge < -0.3 is 35.6 Å². The van der Waals surface area contributed by atoms with Crippen molar-refractivity contribution in [3.8, 4) is 11.5 Å². The first kappa shape index (κ1) is 24.9. The molecule has 188 valence electrons. The number of likely N-dealkylation sites (N-methyl/N-ethyl adjacent to an activating group) is 1. The highest BCUT2D eigenvalue weighted by Gasteiger charge is 2.18. The molecule has 1 aliphatic rings. The van der Waals surface area contributed by atoms with Crippen LogP contribution in [0.3, 0.4) is 0 Å². The molecule has 3 aromatic carbocycles. The third-order valence-electron chi connectivity index (χ3n) is 5.70. The summed E-state index contributed by atoms with van der Waals surface area (Å²) in [6.07, 6.45) is 0. The van der Waals surface area contributed by atoms with Crippen LogP contribution in [0.5, 0.6) is 11.5 Å². The number of anilines is 3. The number of nitrogen functional groups attached to an aromatic ring is 1. The highest BCUT2D eigenvalue weighted by molar-refractivity contribution is 6.05. The number of nitrogens with two attached hydrogens (primary N) is 1. The van der Waals surface area contributed by atoms with Crippen LogP contribution in [0.15, 0.2) is 66.7 Å². The quantitative estimate of drug-likeness (QED) is 0.414. The minimum atomic E-state index is -0.250. The summed E-state index contributed by atoms with van der Waals surface area (Å²) < 4.78 is 11.2. The van der Waals surface area contributed by atoms with Crippen LogP contribution < -0.4 is 25.8 Å². The molecule has 0 aliphatic carbocycles. The molecule has 0 saturated heterocycles. The van der Waals surface area contributed by atoms with Crippen LogP contribution in [0.2, 0.25) is 0 Å². The first-order valence-electron chi connectivity index (χ1n) is 11.7. The van der Waals surface area contributed by atoms with E-state index in [9.17, 15) is 9.59 Å². The lowest BCUT2D eigenvalue weighted by molar-refractivity contribution is 0.102. The van der Waals surface area contributed by atoms with Crippen molar-refractivity contribution in [1.29, 1.82) is 0 Å². The van der Waals surface area contributed by atoms with Gasteiger partial charge in [0, 0.05) is 37.0 Å². The van der Waals surface area contributed by atoms with E-state index in [-0.39, 0.29) is 11.9 Å². The van der Waals surface area contributed by atoms with Gasteiger partial charge in [-0.2, -0.15) is 0 Å². The molecule has 9 nitrogen and oxygen atoms in total. The molecule has 9 heteroatoms. The number of rotatable bonds is 8. The number of nitrogens with zero attached hydrogens (tertiary/aromatic N) is 2. The van der Waals surface area contributed by atoms with E-state index in [4.69, 9.17) is 15.2 Å². The minimum Gasteiger partial charge on any atom is -0.486 e. The van der Waals surface area contributed by atoms with Gasteiger partial charge in [-0.15, -0.1) is 0 Å². The maximum absolute atomic E-state index is 13.2. The predicted molar refractivity (Wildman–Crippen MR) is 141 cm³/mol. The van der Waals surface area contributed by atoms with Crippen LogP contribution in [-0.4, -0.2) is 62.1 Å². The molecule has 3 amide bonds. The van der Waals surface area contributed by atoms with Crippen molar-refractivity contribution in [3.05, 3.63) is 77.9 Å². The molecule has 0 bridgehead atoms. The molecule has 1 heterocycles. The minimum absolute atomic E-state index is 0.227. The summed E-state index contributed by atoms with van der Waals surface area (Å²) in [6, 6.07) is 19.4. The van der Waals surface area contributed by atoms with Gasteiger partial charge in [-0.1, -0.05) is 24.3 Å². The second-order valence-electron chi connectivity index (χ2n) is 8.75. The smallest absolute Gasteiger partial charge is 0.322 e. The molecular formula is C27H31N5O4. The highest BCUT2D eigenvalue weighted by Crippen LogP contribution is 2.32. The van der Waals surface area contributed by atoms with Crippen LogP contribution in [0.25, 0.3) is 0 Å².